The lowest BCUT2D eigenvalue weighted by Gasteiger charge is -2.02. The minimum absolute atomic E-state index is 0.753. The lowest BCUT2D eigenvalue weighted by molar-refractivity contribution is 0.147. The number of hydrogen-bond acceptors (Lipinski definition) is 2. The highest BCUT2D eigenvalue weighted by Crippen LogP contribution is 2.00. The Morgan fingerprint density at radius 3 is 1.50 bits per heavy atom. The first-order valence-electron chi connectivity index (χ1n) is 6.29. The molecule has 0 aromatic carbocycles. The van der Waals surface area contributed by atoms with Crippen molar-refractivity contribution in [1.29, 1.82) is 0 Å². The average molecular weight is 226 g/mol. The van der Waals surface area contributed by atoms with Gasteiger partial charge in [-0.15, -0.1) is 0 Å². The highest BCUT2D eigenvalue weighted by atomic mass is 16.5. The van der Waals surface area contributed by atoms with Gasteiger partial charge >= 0.3 is 0 Å². The van der Waals surface area contributed by atoms with Crippen LogP contribution in [0.1, 0.15) is 39.5 Å². The fourth-order valence-electron chi connectivity index (χ4n) is 1.26. The van der Waals surface area contributed by atoms with Crippen LogP contribution in [0.5, 0.6) is 0 Å². The first-order valence-corrected chi connectivity index (χ1v) is 6.29. The summed E-state index contributed by atoms with van der Waals surface area (Å²) in [7, 11) is 0. The summed E-state index contributed by atoms with van der Waals surface area (Å²) in [5, 5.41) is 0. The molecule has 0 aromatic heterocycles. The molecule has 0 saturated carbocycles. The van der Waals surface area contributed by atoms with Crippen LogP contribution in [-0.2, 0) is 9.47 Å². The Morgan fingerprint density at radius 2 is 1.12 bits per heavy atom. The fourth-order valence-corrected chi connectivity index (χ4v) is 1.26. The Labute approximate surface area is 100 Å². The monoisotopic (exact) mass is 226 g/mol. The molecule has 0 heterocycles. The van der Waals surface area contributed by atoms with Crippen molar-refractivity contribution in [2.24, 2.45) is 0 Å². The first kappa shape index (κ1) is 15.4. The predicted octanol–water partition coefficient (Wildman–Crippen LogP) is 3.73. The molecule has 0 saturated heterocycles. The van der Waals surface area contributed by atoms with E-state index in [1.165, 1.54) is 12.8 Å². The number of allylic oxidation sites excluding steroid dienone is 2. The fraction of sp³-hybridized carbons (Fsp3) is 0.714. The van der Waals surface area contributed by atoms with Gasteiger partial charge in [0.15, 0.2) is 0 Å². The molecule has 2 nitrogen and oxygen atoms in total. The molecule has 0 aliphatic carbocycles. The quantitative estimate of drug-likeness (QED) is 0.395. The molecule has 0 rings (SSSR count). The second kappa shape index (κ2) is 14.4. The Bertz CT molecular complexity index is 154. The van der Waals surface area contributed by atoms with E-state index in [0.717, 1.165) is 39.3 Å². The van der Waals surface area contributed by atoms with Gasteiger partial charge in [-0.2, -0.15) is 0 Å². The van der Waals surface area contributed by atoms with Crippen LogP contribution in [0.2, 0.25) is 0 Å². The van der Waals surface area contributed by atoms with Gasteiger partial charge in [0.05, 0.1) is 13.2 Å². The number of ether oxygens (including phenoxy) is 2. The normalized spacial score (nSPS) is 11.9. The van der Waals surface area contributed by atoms with Gasteiger partial charge in [0, 0.05) is 13.2 Å². The second-order valence-electron chi connectivity index (χ2n) is 3.70. The van der Waals surface area contributed by atoms with Crippen LogP contribution in [0.4, 0.5) is 0 Å². The van der Waals surface area contributed by atoms with E-state index in [1.54, 1.807) is 0 Å². The summed E-state index contributed by atoms with van der Waals surface area (Å²) in [5.41, 5.74) is 0. The van der Waals surface area contributed by atoms with Gasteiger partial charge < -0.3 is 9.47 Å². The third kappa shape index (κ3) is 13.4. The van der Waals surface area contributed by atoms with Crippen LogP contribution < -0.4 is 0 Å². The zero-order chi connectivity index (χ0) is 11.9. The molecule has 0 fully saturated rings. The van der Waals surface area contributed by atoms with E-state index in [-0.39, 0.29) is 0 Å². The molecule has 2 heteroatoms. The van der Waals surface area contributed by atoms with Gasteiger partial charge in [-0.1, -0.05) is 37.1 Å². The van der Waals surface area contributed by atoms with Crippen LogP contribution in [0.15, 0.2) is 24.3 Å². The molecule has 16 heavy (non-hydrogen) atoms. The number of hydrogen-bond donors (Lipinski definition) is 0. The third-order valence-corrected chi connectivity index (χ3v) is 2.23. The maximum atomic E-state index is 5.41. The smallest absolute Gasteiger partial charge is 0.0647 e. The van der Waals surface area contributed by atoms with Crippen LogP contribution in [-0.4, -0.2) is 26.4 Å². The minimum Gasteiger partial charge on any atom is -0.377 e. The predicted molar refractivity (Wildman–Crippen MR) is 69.7 cm³/mol. The van der Waals surface area contributed by atoms with Crippen molar-refractivity contribution in [3.8, 4) is 0 Å². The highest BCUT2D eigenvalue weighted by Gasteiger charge is 1.90. The molecule has 0 aliphatic rings. The Morgan fingerprint density at radius 1 is 0.688 bits per heavy atom. The molecule has 0 aliphatic heterocycles. The summed E-state index contributed by atoms with van der Waals surface area (Å²) in [6.07, 6.45) is 12.9. The number of rotatable bonds is 11. The van der Waals surface area contributed by atoms with E-state index in [2.05, 4.69) is 0 Å². The van der Waals surface area contributed by atoms with Crippen LogP contribution in [0, 0.1) is 0 Å². The lowest BCUT2D eigenvalue weighted by Crippen LogP contribution is -1.96. The van der Waals surface area contributed by atoms with Crippen molar-refractivity contribution in [1.82, 2.24) is 0 Å². The van der Waals surface area contributed by atoms with Gasteiger partial charge in [0.2, 0.25) is 0 Å². The molecule has 94 valence electrons. The van der Waals surface area contributed by atoms with Gasteiger partial charge in [0.25, 0.3) is 0 Å². The van der Waals surface area contributed by atoms with E-state index in [4.69, 9.17) is 9.47 Å². The van der Waals surface area contributed by atoms with Crippen molar-refractivity contribution in [3.05, 3.63) is 24.3 Å². The highest BCUT2D eigenvalue weighted by molar-refractivity contribution is 4.76. The molecule has 0 unspecified atom stereocenters. The van der Waals surface area contributed by atoms with E-state index in [0.29, 0.717) is 0 Å². The molecule has 0 N–H and O–H groups in total. The summed E-state index contributed by atoms with van der Waals surface area (Å²) in [6, 6.07) is 0. The third-order valence-electron chi connectivity index (χ3n) is 2.23. The Kier molecular flexibility index (Phi) is 13.9. The molecular formula is C14H26O2. The average Bonchev–Trinajstić information content (AvgIpc) is 2.31. The second-order valence-corrected chi connectivity index (χ2v) is 3.70. The largest absolute Gasteiger partial charge is 0.377 e. The summed E-state index contributed by atoms with van der Waals surface area (Å²) in [6.45, 7) is 7.29. The zero-order valence-corrected chi connectivity index (χ0v) is 10.8. The number of unbranched alkanes of at least 4 members (excludes halogenated alkanes) is 3. The molecule has 0 bridgehead atoms. The Balaban J connectivity index is 2.93. The van der Waals surface area contributed by atoms with Crippen LogP contribution >= 0.6 is 0 Å². The first-order chi connectivity index (χ1) is 7.91. The zero-order valence-electron chi connectivity index (χ0n) is 10.8. The minimum atomic E-state index is 0.753. The molecule has 0 amide bonds. The summed E-state index contributed by atoms with van der Waals surface area (Å²) >= 11 is 0. The van der Waals surface area contributed by atoms with E-state index in [9.17, 15) is 0 Å². The van der Waals surface area contributed by atoms with Crippen molar-refractivity contribution in [3.63, 3.8) is 0 Å². The van der Waals surface area contributed by atoms with Crippen molar-refractivity contribution >= 4 is 0 Å². The molecule has 0 spiro atoms. The van der Waals surface area contributed by atoms with Crippen molar-refractivity contribution in [2.45, 2.75) is 39.5 Å². The van der Waals surface area contributed by atoms with Gasteiger partial charge in [-0.3, -0.25) is 0 Å². The SMILES string of the molecule is CC=CCOCCCCCCOCC=CC. The summed E-state index contributed by atoms with van der Waals surface area (Å²) in [4.78, 5) is 0. The molecular weight excluding hydrogens is 200 g/mol. The molecule has 0 radical (unpaired) electrons. The molecule has 0 atom stereocenters. The standard InChI is InChI=1S/C14H26O2/c1-3-5-11-15-13-9-7-8-10-14-16-12-6-4-2/h3-6H,7-14H2,1-2H3. The Hall–Kier alpha value is -0.600. The lowest BCUT2D eigenvalue weighted by atomic mass is 10.2. The maximum absolute atomic E-state index is 5.41. The summed E-state index contributed by atoms with van der Waals surface area (Å²) in [5.74, 6) is 0. The van der Waals surface area contributed by atoms with E-state index < -0.39 is 0 Å². The molecule has 0 aromatic rings. The van der Waals surface area contributed by atoms with Crippen LogP contribution in [0.25, 0.3) is 0 Å². The maximum Gasteiger partial charge on any atom is 0.0647 e. The summed E-state index contributed by atoms with van der Waals surface area (Å²) < 4.78 is 10.8. The van der Waals surface area contributed by atoms with Crippen molar-refractivity contribution < 1.29 is 9.47 Å². The topological polar surface area (TPSA) is 18.5 Å². The van der Waals surface area contributed by atoms with Gasteiger partial charge in [0.1, 0.15) is 0 Å². The van der Waals surface area contributed by atoms with Crippen LogP contribution in [0.3, 0.4) is 0 Å². The van der Waals surface area contributed by atoms with E-state index in [1.807, 2.05) is 38.2 Å². The van der Waals surface area contributed by atoms with Gasteiger partial charge in [-0.25, -0.2) is 0 Å². The van der Waals surface area contributed by atoms with Gasteiger partial charge in [-0.05, 0) is 26.7 Å². The van der Waals surface area contributed by atoms with E-state index >= 15 is 0 Å². The van der Waals surface area contributed by atoms with Crippen molar-refractivity contribution in [2.75, 3.05) is 26.4 Å².